The molecule has 3 N–H and O–H groups in total. The van der Waals surface area contributed by atoms with Crippen molar-refractivity contribution in [1.82, 2.24) is 5.32 Å². The Morgan fingerprint density at radius 3 is 2.44 bits per heavy atom. The van der Waals surface area contributed by atoms with Gasteiger partial charge in [-0.2, -0.15) is 0 Å². The summed E-state index contributed by atoms with van der Waals surface area (Å²) >= 11 is 0. The molecule has 0 fully saturated rings. The van der Waals surface area contributed by atoms with Crippen LogP contribution in [0.1, 0.15) is 22.8 Å². The third kappa shape index (κ3) is 3.27. The molecule has 6 heteroatoms. The van der Waals surface area contributed by atoms with Crippen molar-refractivity contribution in [2.75, 3.05) is 0 Å². The Bertz CT molecular complexity index is 473. The fourth-order valence-electron chi connectivity index (χ4n) is 1.35. The van der Waals surface area contributed by atoms with Gasteiger partial charge in [-0.3, -0.25) is 4.79 Å². The highest BCUT2D eigenvalue weighted by atomic mass is 19.1. The molecule has 1 amide bonds. The number of halogens is 1. The number of aryl methyl sites for hydroxylation is 1. The largest absolute Gasteiger partial charge is 0.480 e. The molecule has 2 atom stereocenters. The molecule has 0 radical (unpaired) electrons. The first-order valence-electron chi connectivity index (χ1n) is 5.31. The lowest BCUT2D eigenvalue weighted by Gasteiger charge is -2.17. The Hall–Kier alpha value is -1.95. The molecule has 0 aliphatic carbocycles. The Morgan fingerprint density at radius 1 is 1.39 bits per heavy atom. The molecule has 0 saturated heterocycles. The Morgan fingerprint density at radius 2 is 2.00 bits per heavy atom. The number of hydrogen-bond acceptors (Lipinski definition) is 3. The van der Waals surface area contributed by atoms with Crippen LogP contribution in [0.3, 0.4) is 0 Å². The highest BCUT2D eigenvalue weighted by molar-refractivity contribution is 5.96. The van der Waals surface area contributed by atoms with Crippen molar-refractivity contribution in [1.29, 1.82) is 0 Å². The minimum atomic E-state index is -1.43. The van der Waals surface area contributed by atoms with E-state index in [9.17, 15) is 19.1 Å². The number of hydrogen-bond donors (Lipinski definition) is 3. The summed E-state index contributed by atoms with van der Waals surface area (Å²) in [7, 11) is 0. The van der Waals surface area contributed by atoms with Gasteiger partial charge in [0.05, 0.1) is 6.10 Å². The van der Waals surface area contributed by atoms with Crippen LogP contribution >= 0.6 is 0 Å². The third-order valence-electron chi connectivity index (χ3n) is 2.47. The molecule has 1 rings (SSSR count). The van der Waals surface area contributed by atoms with Crippen molar-refractivity contribution in [3.8, 4) is 0 Å². The predicted molar refractivity (Wildman–Crippen MR) is 61.7 cm³/mol. The van der Waals surface area contributed by atoms with E-state index >= 15 is 0 Å². The first-order valence-corrected chi connectivity index (χ1v) is 5.31. The molecular weight excluding hydrogens is 241 g/mol. The van der Waals surface area contributed by atoms with Crippen molar-refractivity contribution in [3.63, 3.8) is 0 Å². The zero-order valence-electron chi connectivity index (χ0n) is 9.98. The van der Waals surface area contributed by atoms with Crippen molar-refractivity contribution in [2.45, 2.75) is 26.0 Å². The molecule has 0 unspecified atom stereocenters. The van der Waals surface area contributed by atoms with Crippen molar-refractivity contribution in [3.05, 3.63) is 35.1 Å². The number of rotatable bonds is 4. The summed E-state index contributed by atoms with van der Waals surface area (Å²) in [4.78, 5) is 22.5. The van der Waals surface area contributed by atoms with Crippen LogP contribution in [0.2, 0.25) is 0 Å². The number of aliphatic hydroxyl groups is 1. The first-order chi connectivity index (χ1) is 8.32. The van der Waals surface area contributed by atoms with Gasteiger partial charge in [0.25, 0.3) is 5.91 Å². The van der Waals surface area contributed by atoms with Crippen LogP contribution < -0.4 is 5.32 Å². The van der Waals surface area contributed by atoms with E-state index in [0.717, 1.165) is 6.07 Å². The summed E-state index contributed by atoms with van der Waals surface area (Å²) in [6.07, 6.45) is -1.25. The summed E-state index contributed by atoms with van der Waals surface area (Å²) in [6.45, 7) is 2.79. The maximum absolute atomic E-state index is 13.2. The number of aliphatic hydroxyl groups excluding tert-OH is 1. The van der Waals surface area contributed by atoms with Crippen molar-refractivity contribution < 1.29 is 24.2 Å². The second kappa shape index (κ2) is 5.59. The Labute approximate surface area is 103 Å². The summed E-state index contributed by atoms with van der Waals surface area (Å²) < 4.78 is 13.2. The molecule has 0 spiro atoms. The number of carboxylic acid groups (broad SMARTS) is 1. The topological polar surface area (TPSA) is 86.6 Å². The number of carboxylic acids is 1. The lowest BCUT2D eigenvalue weighted by molar-refractivity contribution is -0.141. The number of aliphatic carboxylic acids is 1. The quantitative estimate of drug-likeness (QED) is 0.739. The summed E-state index contributed by atoms with van der Waals surface area (Å²) in [5.41, 5.74) is 0.391. The molecule has 0 heterocycles. The SMILES string of the molecule is Cc1ccc(C(=O)N[C@H](C(=O)O)[C@@H](C)O)cc1F. The number of nitrogens with one attached hydrogen (secondary N) is 1. The van der Waals surface area contributed by atoms with Gasteiger partial charge in [-0.1, -0.05) is 6.07 Å². The number of benzene rings is 1. The number of amides is 1. The fraction of sp³-hybridized carbons (Fsp3) is 0.333. The van der Waals surface area contributed by atoms with Crippen LogP contribution in [0, 0.1) is 12.7 Å². The van der Waals surface area contributed by atoms with E-state index in [1.165, 1.54) is 19.1 Å². The molecule has 0 aliphatic heterocycles. The van der Waals surface area contributed by atoms with Crippen molar-refractivity contribution >= 4 is 11.9 Å². The van der Waals surface area contributed by atoms with Gasteiger partial charge < -0.3 is 15.5 Å². The second-order valence-corrected chi connectivity index (χ2v) is 3.99. The predicted octanol–water partition coefficient (Wildman–Crippen LogP) is 0.698. The molecule has 0 aromatic heterocycles. The molecule has 1 aromatic carbocycles. The van der Waals surface area contributed by atoms with E-state index < -0.39 is 29.8 Å². The Kier molecular flexibility index (Phi) is 4.38. The molecule has 0 bridgehead atoms. The minimum Gasteiger partial charge on any atom is -0.480 e. The lowest BCUT2D eigenvalue weighted by atomic mass is 10.1. The van der Waals surface area contributed by atoms with Gasteiger partial charge in [-0.25, -0.2) is 9.18 Å². The molecule has 5 nitrogen and oxygen atoms in total. The van der Waals surface area contributed by atoms with Crippen LogP contribution in [-0.2, 0) is 4.79 Å². The zero-order chi connectivity index (χ0) is 13.9. The molecule has 1 aromatic rings. The minimum absolute atomic E-state index is 0.00463. The first kappa shape index (κ1) is 14.1. The average molecular weight is 255 g/mol. The van der Waals surface area contributed by atoms with Crippen LogP contribution in [0.15, 0.2) is 18.2 Å². The normalized spacial score (nSPS) is 13.8. The van der Waals surface area contributed by atoms with E-state index in [1.807, 2.05) is 0 Å². The molecule has 18 heavy (non-hydrogen) atoms. The van der Waals surface area contributed by atoms with E-state index in [0.29, 0.717) is 5.56 Å². The maximum Gasteiger partial charge on any atom is 0.328 e. The van der Waals surface area contributed by atoms with Crippen molar-refractivity contribution in [2.24, 2.45) is 0 Å². The highest BCUT2D eigenvalue weighted by Crippen LogP contribution is 2.09. The summed E-state index contributed by atoms with van der Waals surface area (Å²) in [6, 6.07) is 2.39. The smallest absolute Gasteiger partial charge is 0.328 e. The van der Waals surface area contributed by atoms with Gasteiger partial charge >= 0.3 is 5.97 Å². The monoisotopic (exact) mass is 255 g/mol. The zero-order valence-corrected chi connectivity index (χ0v) is 9.98. The van der Waals surface area contributed by atoms with Gasteiger partial charge in [0.2, 0.25) is 0 Å². The lowest BCUT2D eigenvalue weighted by Crippen LogP contribution is -2.47. The number of carbonyl (C=O) groups excluding carboxylic acids is 1. The summed E-state index contributed by atoms with van der Waals surface area (Å²) in [5.74, 6) is -2.65. The van der Waals surface area contributed by atoms with E-state index in [4.69, 9.17) is 5.11 Å². The van der Waals surface area contributed by atoms with Gasteiger partial charge in [0, 0.05) is 5.56 Å². The third-order valence-corrected chi connectivity index (χ3v) is 2.47. The van der Waals surface area contributed by atoms with Crippen LogP contribution in [0.4, 0.5) is 4.39 Å². The van der Waals surface area contributed by atoms with Gasteiger partial charge in [-0.05, 0) is 31.5 Å². The average Bonchev–Trinajstić information content (AvgIpc) is 2.28. The second-order valence-electron chi connectivity index (χ2n) is 3.99. The Balaban J connectivity index is 2.87. The van der Waals surface area contributed by atoms with Gasteiger partial charge in [0.1, 0.15) is 5.82 Å². The van der Waals surface area contributed by atoms with Gasteiger partial charge in [0.15, 0.2) is 6.04 Å². The molecule has 98 valence electrons. The van der Waals surface area contributed by atoms with Crippen LogP contribution in [0.25, 0.3) is 0 Å². The van der Waals surface area contributed by atoms with E-state index in [1.54, 1.807) is 6.92 Å². The van der Waals surface area contributed by atoms with Crippen LogP contribution in [0.5, 0.6) is 0 Å². The summed E-state index contributed by atoms with van der Waals surface area (Å²) in [5, 5.41) is 20.1. The van der Waals surface area contributed by atoms with Gasteiger partial charge in [-0.15, -0.1) is 0 Å². The molecule has 0 aliphatic rings. The maximum atomic E-state index is 13.2. The number of carbonyl (C=O) groups is 2. The standard InChI is InChI=1S/C12H14FNO4/c1-6-3-4-8(5-9(6)13)11(16)14-10(7(2)15)12(17)18/h3-5,7,10,15H,1-2H3,(H,14,16)(H,17,18)/t7-,10+/m1/s1. The highest BCUT2D eigenvalue weighted by Gasteiger charge is 2.25. The fourth-order valence-corrected chi connectivity index (χ4v) is 1.35. The molecular formula is C12H14FNO4. The van der Waals surface area contributed by atoms with E-state index in [2.05, 4.69) is 5.32 Å². The molecule has 0 saturated carbocycles. The van der Waals surface area contributed by atoms with Crippen LogP contribution in [-0.4, -0.2) is 34.2 Å². The van der Waals surface area contributed by atoms with E-state index in [-0.39, 0.29) is 5.56 Å².